The van der Waals surface area contributed by atoms with Crippen LogP contribution >= 0.6 is 15.9 Å². The third-order valence-electron chi connectivity index (χ3n) is 3.27. The lowest BCUT2D eigenvalue weighted by Crippen LogP contribution is -2.28. The zero-order valence-corrected chi connectivity index (χ0v) is 12.0. The second-order valence-electron chi connectivity index (χ2n) is 4.87. The van der Waals surface area contributed by atoms with Crippen LogP contribution in [0.15, 0.2) is 22.7 Å². The number of nitrogens with zero attached hydrogens (tertiary/aromatic N) is 1. The summed E-state index contributed by atoms with van der Waals surface area (Å²) in [5, 5.41) is 0. The molecule has 2 N–H and O–H groups in total. The van der Waals surface area contributed by atoms with Gasteiger partial charge in [0, 0.05) is 29.8 Å². The summed E-state index contributed by atoms with van der Waals surface area (Å²) in [6.07, 6.45) is 3.98. The lowest BCUT2D eigenvalue weighted by Gasteiger charge is -2.26. The van der Waals surface area contributed by atoms with Crippen molar-refractivity contribution in [1.29, 1.82) is 0 Å². The van der Waals surface area contributed by atoms with Gasteiger partial charge in [0.15, 0.2) is 0 Å². The summed E-state index contributed by atoms with van der Waals surface area (Å²) in [4.78, 5) is 2.51. The molecule has 0 bridgehead atoms. The van der Waals surface area contributed by atoms with Crippen LogP contribution in [0.25, 0.3) is 0 Å². The zero-order chi connectivity index (χ0) is 12.3. The Morgan fingerprint density at radius 3 is 2.76 bits per heavy atom. The van der Waals surface area contributed by atoms with Crippen molar-refractivity contribution in [1.82, 2.24) is 0 Å². The minimum absolute atomic E-state index is 0.611. The predicted octanol–water partition coefficient (Wildman–Crippen LogP) is 3.53. The van der Waals surface area contributed by atoms with Crippen LogP contribution in [0.2, 0.25) is 0 Å². The van der Waals surface area contributed by atoms with Crippen molar-refractivity contribution in [3.63, 3.8) is 0 Å². The third-order valence-corrected chi connectivity index (χ3v) is 3.76. The first kappa shape index (κ1) is 12.9. The van der Waals surface area contributed by atoms with Crippen molar-refractivity contribution >= 4 is 21.6 Å². The van der Waals surface area contributed by atoms with Crippen molar-refractivity contribution in [2.24, 2.45) is 11.7 Å². The monoisotopic (exact) mass is 296 g/mol. The molecule has 0 unspecified atom stereocenters. The summed E-state index contributed by atoms with van der Waals surface area (Å²) in [5.41, 5.74) is 8.42. The second-order valence-corrected chi connectivity index (χ2v) is 5.78. The van der Waals surface area contributed by atoms with Crippen molar-refractivity contribution < 1.29 is 0 Å². The van der Waals surface area contributed by atoms with E-state index in [1.807, 2.05) is 0 Å². The Balaban J connectivity index is 2.20. The lowest BCUT2D eigenvalue weighted by molar-refractivity contribution is 0.704. The quantitative estimate of drug-likeness (QED) is 0.870. The Morgan fingerprint density at radius 2 is 2.18 bits per heavy atom. The molecule has 0 spiro atoms. The van der Waals surface area contributed by atoms with Gasteiger partial charge in [0.1, 0.15) is 0 Å². The molecule has 0 radical (unpaired) electrons. The SMILES string of the molecule is CCCN(CC1CC1)c1ccc(Br)cc1CN. The van der Waals surface area contributed by atoms with E-state index in [1.165, 1.54) is 37.1 Å². The standard InChI is InChI=1S/C14H21BrN2/c1-2-7-17(10-11-3-4-11)14-6-5-13(15)8-12(14)9-16/h5-6,8,11H,2-4,7,9-10,16H2,1H3. The number of rotatable bonds is 6. The van der Waals surface area contributed by atoms with Gasteiger partial charge in [-0.3, -0.25) is 0 Å². The second kappa shape index (κ2) is 5.87. The number of anilines is 1. The van der Waals surface area contributed by atoms with Gasteiger partial charge in [0.2, 0.25) is 0 Å². The number of benzene rings is 1. The maximum Gasteiger partial charge on any atom is 0.0412 e. The third kappa shape index (κ3) is 3.46. The fourth-order valence-electron chi connectivity index (χ4n) is 2.22. The molecule has 0 saturated heterocycles. The number of hydrogen-bond donors (Lipinski definition) is 1. The molecule has 17 heavy (non-hydrogen) atoms. The molecule has 1 aliphatic rings. The molecule has 0 aliphatic heterocycles. The van der Waals surface area contributed by atoms with E-state index in [2.05, 4.69) is 46.0 Å². The van der Waals surface area contributed by atoms with Crippen LogP contribution in [0.5, 0.6) is 0 Å². The molecule has 2 nitrogen and oxygen atoms in total. The molecule has 0 amide bonds. The summed E-state index contributed by atoms with van der Waals surface area (Å²) in [6, 6.07) is 6.46. The van der Waals surface area contributed by atoms with Gasteiger partial charge in [-0.2, -0.15) is 0 Å². The molecule has 1 aliphatic carbocycles. The van der Waals surface area contributed by atoms with Crippen LogP contribution < -0.4 is 10.6 Å². The van der Waals surface area contributed by atoms with Crippen molar-refractivity contribution in [2.45, 2.75) is 32.7 Å². The first-order chi connectivity index (χ1) is 8.24. The molecule has 1 saturated carbocycles. The fourth-order valence-corrected chi connectivity index (χ4v) is 2.63. The highest BCUT2D eigenvalue weighted by Gasteiger charge is 2.24. The minimum Gasteiger partial charge on any atom is -0.371 e. The Kier molecular flexibility index (Phi) is 4.46. The highest BCUT2D eigenvalue weighted by molar-refractivity contribution is 9.10. The Bertz CT molecular complexity index is 374. The summed E-state index contributed by atoms with van der Waals surface area (Å²) in [7, 11) is 0. The summed E-state index contributed by atoms with van der Waals surface area (Å²) < 4.78 is 1.12. The first-order valence-electron chi connectivity index (χ1n) is 6.48. The van der Waals surface area contributed by atoms with Crippen LogP contribution in [0, 0.1) is 5.92 Å². The van der Waals surface area contributed by atoms with Gasteiger partial charge < -0.3 is 10.6 Å². The Labute approximate surface area is 112 Å². The van der Waals surface area contributed by atoms with Gasteiger partial charge in [-0.25, -0.2) is 0 Å². The Morgan fingerprint density at radius 1 is 1.41 bits per heavy atom. The van der Waals surface area contributed by atoms with Crippen LogP contribution in [0.3, 0.4) is 0 Å². The molecule has 1 fully saturated rings. The molecule has 2 rings (SSSR count). The summed E-state index contributed by atoms with van der Waals surface area (Å²) >= 11 is 3.51. The van der Waals surface area contributed by atoms with E-state index < -0.39 is 0 Å². The van der Waals surface area contributed by atoms with Gasteiger partial charge in [-0.05, 0) is 48.9 Å². The van der Waals surface area contributed by atoms with Crippen molar-refractivity contribution in [2.75, 3.05) is 18.0 Å². The maximum absolute atomic E-state index is 5.85. The number of halogens is 1. The van der Waals surface area contributed by atoms with Crippen molar-refractivity contribution in [3.05, 3.63) is 28.2 Å². The van der Waals surface area contributed by atoms with Gasteiger partial charge >= 0.3 is 0 Å². The number of hydrogen-bond acceptors (Lipinski definition) is 2. The molecule has 0 heterocycles. The van der Waals surface area contributed by atoms with Crippen LogP contribution in [-0.2, 0) is 6.54 Å². The van der Waals surface area contributed by atoms with E-state index in [4.69, 9.17) is 5.73 Å². The fraction of sp³-hybridized carbons (Fsp3) is 0.571. The highest BCUT2D eigenvalue weighted by atomic mass is 79.9. The average molecular weight is 297 g/mol. The van der Waals surface area contributed by atoms with Crippen LogP contribution in [0.1, 0.15) is 31.7 Å². The molecular formula is C14H21BrN2. The van der Waals surface area contributed by atoms with Gasteiger partial charge in [0.05, 0.1) is 0 Å². The van der Waals surface area contributed by atoms with Gasteiger partial charge in [0.25, 0.3) is 0 Å². The maximum atomic E-state index is 5.85. The molecule has 94 valence electrons. The van der Waals surface area contributed by atoms with Crippen molar-refractivity contribution in [3.8, 4) is 0 Å². The van der Waals surface area contributed by atoms with E-state index in [9.17, 15) is 0 Å². The normalized spacial score (nSPS) is 15.0. The zero-order valence-electron chi connectivity index (χ0n) is 10.5. The molecular weight excluding hydrogens is 276 g/mol. The van der Waals surface area contributed by atoms with E-state index in [-0.39, 0.29) is 0 Å². The van der Waals surface area contributed by atoms with Gasteiger partial charge in [-0.15, -0.1) is 0 Å². The largest absolute Gasteiger partial charge is 0.371 e. The summed E-state index contributed by atoms with van der Waals surface area (Å²) in [5.74, 6) is 0.913. The topological polar surface area (TPSA) is 29.3 Å². The minimum atomic E-state index is 0.611. The lowest BCUT2D eigenvalue weighted by atomic mass is 10.1. The Hall–Kier alpha value is -0.540. The average Bonchev–Trinajstić information content (AvgIpc) is 3.12. The molecule has 1 aromatic carbocycles. The van der Waals surface area contributed by atoms with Gasteiger partial charge in [-0.1, -0.05) is 22.9 Å². The smallest absolute Gasteiger partial charge is 0.0412 e. The molecule has 3 heteroatoms. The molecule has 1 aromatic rings. The summed E-state index contributed by atoms with van der Waals surface area (Å²) in [6.45, 7) is 5.17. The first-order valence-corrected chi connectivity index (χ1v) is 7.27. The van der Waals surface area contributed by atoms with E-state index in [0.717, 1.165) is 16.9 Å². The highest BCUT2D eigenvalue weighted by Crippen LogP contribution is 2.33. The van der Waals surface area contributed by atoms with E-state index >= 15 is 0 Å². The van der Waals surface area contributed by atoms with Crippen LogP contribution in [-0.4, -0.2) is 13.1 Å². The molecule has 0 aromatic heterocycles. The molecule has 0 atom stereocenters. The predicted molar refractivity (Wildman–Crippen MR) is 77.3 cm³/mol. The van der Waals surface area contributed by atoms with E-state index in [0.29, 0.717) is 6.54 Å². The van der Waals surface area contributed by atoms with Crippen LogP contribution in [0.4, 0.5) is 5.69 Å². The van der Waals surface area contributed by atoms with E-state index in [1.54, 1.807) is 0 Å². The number of nitrogens with two attached hydrogens (primary N) is 1.